The molecule has 0 aromatic heterocycles. The zero-order valence-electron chi connectivity index (χ0n) is 12.1. The molecule has 2 aromatic rings. The molecule has 104 valence electrons. The first-order chi connectivity index (χ1) is 9.65. The lowest BCUT2D eigenvalue weighted by Crippen LogP contribution is -2.07. The van der Waals surface area contributed by atoms with Crippen LogP contribution in [0, 0.1) is 6.92 Å². The van der Waals surface area contributed by atoms with Crippen molar-refractivity contribution in [2.75, 3.05) is 5.43 Å². The quantitative estimate of drug-likeness (QED) is 0.650. The predicted octanol–water partition coefficient (Wildman–Crippen LogP) is 4.23. The van der Waals surface area contributed by atoms with Crippen molar-refractivity contribution >= 4 is 11.9 Å². The Hall–Kier alpha value is -2.29. The van der Waals surface area contributed by atoms with Crippen LogP contribution in [0.3, 0.4) is 0 Å². The molecule has 0 aliphatic heterocycles. The van der Waals surface area contributed by atoms with E-state index in [1.165, 1.54) is 5.56 Å². The molecule has 3 nitrogen and oxygen atoms in total. The lowest BCUT2D eigenvalue weighted by atomic mass is 10.2. The summed E-state index contributed by atoms with van der Waals surface area (Å²) in [4.78, 5) is 0. The van der Waals surface area contributed by atoms with Gasteiger partial charge in [-0.2, -0.15) is 5.10 Å². The van der Waals surface area contributed by atoms with E-state index in [1.807, 2.05) is 62.4 Å². The summed E-state index contributed by atoms with van der Waals surface area (Å²) >= 11 is 0. The summed E-state index contributed by atoms with van der Waals surface area (Å²) in [6, 6.07) is 16.0. The molecule has 0 fully saturated rings. The number of hydrogen-bond acceptors (Lipinski definition) is 3. The van der Waals surface area contributed by atoms with Gasteiger partial charge >= 0.3 is 0 Å². The molecule has 0 heterocycles. The summed E-state index contributed by atoms with van der Waals surface area (Å²) in [5.74, 6) is 0.844. The molecular weight excluding hydrogens is 248 g/mol. The zero-order valence-corrected chi connectivity index (χ0v) is 12.1. The number of hydrogen-bond donors (Lipinski definition) is 1. The molecule has 0 saturated carbocycles. The number of anilines is 1. The van der Waals surface area contributed by atoms with Crippen molar-refractivity contribution in [3.8, 4) is 5.75 Å². The third kappa shape index (κ3) is 4.12. The lowest BCUT2D eigenvalue weighted by molar-refractivity contribution is 0.242. The average molecular weight is 268 g/mol. The minimum absolute atomic E-state index is 0.148. The van der Waals surface area contributed by atoms with Gasteiger partial charge in [-0.25, -0.2) is 0 Å². The average Bonchev–Trinajstić information content (AvgIpc) is 2.42. The number of aryl methyl sites for hydroxylation is 1. The highest BCUT2D eigenvalue weighted by Gasteiger charge is 2.02. The van der Waals surface area contributed by atoms with E-state index in [-0.39, 0.29) is 6.10 Å². The van der Waals surface area contributed by atoms with E-state index in [1.54, 1.807) is 6.21 Å². The summed E-state index contributed by atoms with van der Waals surface area (Å²) in [6.07, 6.45) is 1.92. The number of nitrogens with zero attached hydrogens (tertiary/aromatic N) is 1. The Morgan fingerprint density at radius 3 is 2.45 bits per heavy atom. The van der Waals surface area contributed by atoms with E-state index in [0.29, 0.717) is 0 Å². The van der Waals surface area contributed by atoms with Gasteiger partial charge in [-0.15, -0.1) is 0 Å². The number of rotatable bonds is 5. The van der Waals surface area contributed by atoms with Crippen LogP contribution in [-0.4, -0.2) is 12.3 Å². The molecule has 0 aliphatic carbocycles. The summed E-state index contributed by atoms with van der Waals surface area (Å²) in [5, 5.41) is 4.25. The zero-order chi connectivity index (χ0) is 14.4. The Morgan fingerprint density at radius 1 is 1.05 bits per heavy atom. The Labute approximate surface area is 120 Å². The van der Waals surface area contributed by atoms with Gasteiger partial charge in [0.2, 0.25) is 0 Å². The van der Waals surface area contributed by atoms with E-state index >= 15 is 0 Å². The molecule has 0 bridgehead atoms. The Bertz CT molecular complexity index is 574. The predicted molar refractivity (Wildman–Crippen MR) is 84.6 cm³/mol. The maximum Gasteiger partial charge on any atom is 0.128 e. The fraction of sp³-hybridized carbons (Fsp3) is 0.235. The first kappa shape index (κ1) is 14.1. The topological polar surface area (TPSA) is 33.6 Å². The van der Waals surface area contributed by atoms with Crippen molar-refractivity contribution in [1.82, 2.24) is 0 Å². The van der Waals surface area contributed by atoms with Crippen molar-refractivity contribution < 1.29 is 4.74 Å². The van der Waals surface area contributed by atoms with Crippen molar-refractivity contribution in [3.05, 3.63) is 59.7 Å². The van der Waals surface area contributed by atoms with E-state index < -0.39 is 0 Å². The van der Waals surface area contributed by atoms with Gasteiger partial charge in [0.25, 0.3) is 0 Å². The van der Waals surface area contributed by atoms with Crippen LogP contribution in [-0.2, 0) is 0 Å². The number of ether oxygens (including phenoxy) is 1. The number of hydrazone groups is 1. The molecule has 0 atom stereocenters. The largest absolute Gasteiger partial charge is 0.490 e. The maximum absolute atomic E-state index is 5.74. The minimum Gasteiger partial charge on any atom is -0.490 e. The molecule has 1 N–H and O–H groups in total. The molecule has 20 heavy (non-hydrogen) atoms. The van der Waals surface area contributed by atoms with E-state index in [2.05, 4.69) is 17.5 Å². The summed E-state index contributed by atoms with van der Waals surface area (Å²) in [5.41, 5.74) is 6.17. The molecule has 0 saturated heterocycles. The van der Waals surface area contributed by atoms with Crippen LogP contribution < -0.4 is 10.2 Å². The van der Waals surface area contributed by atoms with Gasteiger partial charge in [0.15, 0.2) is 0 Å². The van der Waals surface area contributed by atoms with Gasteiger partial charge < -0.3 is 4.74 Å². The van der Waals surface area contributed by atoms with Gasteiger partial charge in [0.1, 0.15) is 5.75 Å². The lowest BCUT2D eigenvalue weighted by Gasteiger charge is -2.11. The van der Waals surface area contributed by atoms with Crippen LogP contribution >= 0.6 is 0 Å². The van der Waals surface area contributed by atoms with Crippen molar-refractivity contribution in [2.45, 2.75) is 26.9 Å². The number of nitrogens with one attached hydrogen (secondary N) is 1. The maximum atomic E-state index is 5.74. The van der Waals surface area contributed by atoms with Crippen LogP contribution in [0.25, 0.3) is 0 Å². The highest BCUT2D eigenvalue weighted by Crippen LogP contribution is 2.17. The van der Waals surface area contributed by atoms with Crippen molar-refractivity contribution in [1.29, 1.82) is 0 Å². The normalized spacial score (nSPS) is 11.0. The Balaban J connectivity index is 2.05. The molecule has 0 radical (unpaired) electrons. The molecular formula is C17H20N2O. The smallest absolute Gasteiger partial charge is 0.128 e. The minimum atomic E-state index is 0.148. The van der Waals surface area contributed by atoms with Gasteiger partial charge in [-0.1, -0.05) is 29.8 Å². The standard InChI is InChI=1S/C17H20N2O/c1-13(2)20-17-7-5-4-6-15(17)12-18-19-16-10-8-14(3)9-11-16/h4-13,19H,1-3H3. The first-order valence-electron chi connectivity index (χ1n) is 6.76. The van der Waals surface area contributed by atoms with E-state index in [0.717, 1.165) is 17.0 Å². The van der Waals surface area contributed by atoms with Gasteiger partial charge in [0.05, 0.1) is 18.0 Å². The molecule has 2 aromatic carbocycles. The second-order valence-corrected chi connectivity index (χ2v) is 4.94. The van der Waals surface area contributed by atoms with Gasteiger partial charge in [-0.05, 0) is 45.0 Å². The highest BCUT2D eigenvalue weighted by atomic mass is 16.5. The second-order valence-electron chi connectivity index (χ2n) is 4.94. The Morgan fingerprint density at radius 2 is 1.75 bits per heavy atom. The number of benzene rings is 2. The Kier molecular flexibility index (Phi) is 4.77. The van der Waals surface area contributed by atoms with Crippen molar-refractivity contribution in [3.63, 3.8) is 0 Å². The van der Waals surface area contributed by atoms with Crippen LogP contribution in [0.15, 0.2) is 53.6 Å². The van der Waals surface area contributed by atoms with Crippen LogP contribution in [0.2, 0.25) is 0 Å². The SMILES string of the molecule is Cc1ccc(NN=Cc2ccccc2OC(C)C)cc1. The van der Waals surface area contributed by atoms with Crippen LogP contribution in [0.5, 0.6) is 5.75 Å². The fourth-order valence-corrected chi connectivity index (χ4v) is 1.75. The molecule has 0 amide bonds. The third-order valence-electron chi connectivity index (χ3n) is 2.73. The van der Waals surface area contributed by atoms with Crippen molar-refractivity contribution in [2.24, 2.45) is 5.10 Å². The monoisotopic (exact) mass is 268 g/mol. The fourth-order valence-electron chi connectivity index (χ4n) is 1.75. The molecule has 0 aliphatic rings. The molecule has 0 spiro atoms. The summed E-state index contributed by atoms with van der Waals surface area (Å²) < 4.78 is 5.74. The molecule has 3 heteroatoms. The summed E-state index contributed by atoms with van der Waals surface area (Å²) in [6.45, 7) is 6.09. The van der Waals surface area contributed by atoms with Gasteiger partial charge in [-0.3, -0.25) is 5.43 Å². The summed E-state index contributed by atoms with van der Waals surface area (Å²) in [7, 11) is 0. The first-order valence-corrected chi connectivity index (χ1v) is 6.76. The third-order valence-corrected chi connectivity index (χ3v) is 2.73. The molecule has 0 unspecified atom stereocenters. The van der Waals surface area contributed by atoms with Crippen LogP contribution in [0.1, 0.15) is 25.0 Å². The molecule has 2 rings (SSSR count). The number of para-hydroxylation sites is 1. The van der Waals surface area contributed by atoms with E-state index in [4.69, 9.17) is 4.74 Å². The highest BCUT2D eigenvalue weighted by molar-refractivity contribution is 5.84. The van der Waals surface area contributed by atoms with E-state index in [9.17, 15) is 0 Å². The van der Waals surface area contributed by atoms with Crippen LogP contribution in [0.4, 0.5) is 5.69 Å². The second kappa shape index (κ2) is 6.75. The van der Waals surface area contributed by atoms with Gasteiger partial charge in [0, 0.05) is 5.56 Å².